The molecule has 0 aliphatic carbocycles. The van der Waals surface area contributed by atoms with Crippen molar-refractivity contribution in [2.24, 2.45) is 0 Å². The summed E-state index contributed by atoms with van der Waals surface area (Å²) in [5, 5.41) is 1.76. The molecule has 98 valence electrons. The second kappa shape index (κ2) is 5.19. The van der Waals surface area contributed by atoms with Gasteiger partial charge in [-0.15, -0.1) is 11.3 Å². The van der Waals surface area contributed by atoms with Gasteiger partial charge in [0.15, 0.2) is 0 Å². The number of fused-ring (bicyclic) bond motifs is 1. The van der Waals surface area contributed by atoms with Gasteiger partial charge in [0, 0.05) is 18.0 Å². The monoisotopic (exact) mass is 282 g/mol. The molecule has 3 rings (SSSR count). The van der Waals surface area contributed by atoms with Crippen LogP contribution in [0, 0.1) is 11.8 Å². The van der Waals surface area contributed by atoms with E-state index in [1.165, 1.54) is 15.7 Å². The van der Waals surface area contributed by atoms with E-state index in [4.69, 9.17) is 0 Å². The predicted octanol–water partition coefficient (Wildman–Crippen LogP) is 1.64. The average Bonchev–Trinajstić information content (AvgIpc) is 2.93. The quantitative estimate of drug-likeness (QED) is 0.690. The van der Waals surface area contributed by atoms with Crippen molar-refractivity contribution in [3.63, 3.8) is 0 Å². The highest BCUT2D eigenvalue weighted by atomic mass is 32.1. The number of aromatic amines is 1. The van der Waals surface area contributed by atoms with Crippen LogP contribution in [-0.4, -0.2) is 9.38 Å². The molecular weight excluding hydrogens is 272 g/mol. The Morgan fingerprint density at radius 1 is 1.20 bits per heavy atom. The molecule has 4 nitrogen and oxygen atoms in total. The Balaban J connectivity index is 2.02. The van der Waals surface area contributed by atoms with E-state index >= 15 is 0 Å². The van der Waals surface area contributed by atoms with E-state index in [2.05, 4.69) is 16.8 Å². The number of hydrogen-bond acceptors (Lipinski definition) is 3. The molecule has 0 radical (unpaired) electrons. The van der Waals surface area contributed by atoms with Gasteiger partial charge in [-0.05, 0) is 5.56 Å². The summed E-state index contributed by atoms with van der Waals surface area (Å²) in [6.07, 6.45) is 2.19. The first-order chi connectivity index (χ1) is 9.75. The lowest BCUT2D eigenvalue weighted by molar-refractivity contribution is 0.980. The van der Waals surface area contributed by atoms with Gasteiger partial charge in [-0.3, -0.25) is 14.2 Å². The zero-order chi connectivity index (χ0) is 13.9. The van der Waals surface area contributed by atoms with Gasteiger partial charge in [0.25, 0.3) is 5.56 Å². The van der Waals surface area contributed by atoms with Gasteiger partial charge in [-0.1, -0.05) is 42.2 Å². The molecule has 0 saturated carbocycles. The topological polar surface area (TPSA) is 54.3 Å². The van der Waals surface area contributed by atoms with Crippen LogP contribution >= 0.6 is 11.3 Å². The van der Waals surface area contributed by atoms with Crippen molar-refractivity contribution in [3.05, 3.63) is 73.9 Å². The Morgan fingerprint density at radius 2 is 2.00 bits per heavy atom. The second-order valence-electron chi connectivity index (χ2n) is 4.18. The molecule has 0 aliphatic rings. The van der Waals surface area contributed by atoms with E-state index in [-0.39, 0.29) is 0 Å². The average molecular weight is 282 g/mol. The van der Waals surface area contributed by atoms with Crippen LogP contribution in [0.4, 0.5) is 0 Å². The zero-order valence-electron chi connectivity index (χ0n) is 10.4. The Hall–Kier alpha value is -2.58. The highest BCUT2D eigenvalue weighted by molar-refractivity contribution is 7.15. The highest BCUT2D eigenvalue weighted by Gasteiger charge is 2.07. The first kappa shape index (κ1) is 12.5. The van der Waals surface area contributed by atoms with Crippen molar-refractivity contribution < 1.29 is 0 Å². The molecule has 2 heterocycles. The van der Waals surface area contributed by atoms with Crippen molar-refractivity contribution in [2.45, 2.75) is 6.42 Å². The first-order valence-electron chi connectivity index (χ1n) is 6.00. The van der Waals surface area contributed by atoms with Crippen LogP contribution in [0.25, 0.3) is 4.83 Å². The first-order valence-corrected chi connectivity index (χ1v) is 6.88. The number of H-pyrrole nitrogens is 1. The van der Waals surface area contributed by atoms with Crippen LogP contribution in [-0.2, 0) is 6.42 Å². The van der Waals surface area contributed by atoms with Crippen LogP contribution in [0.3, 0.4) is 0 Å². The molecule has 0 aliphatic heterocycles. The molecule has 2 aromatic heterocycles. The third-order valence-corrected chi connectivity index (χ3v) is 3.72. The predicted molar refractivity (Wildman–Crippen MR) is 79.2 cm³/mol. The summed E-state index contributed by atoms with van der Waals surface area (Å²) in [5.74, 6) is 5.86. The smallest absolute Gasteiger partial charge is 0.273 e. The summed E-state index contributed by atoms with van der Waals surface area (Å²) in [7, 11) is 0. The number of nitrogens with one attached hydrogen (secondary N) is 1. The maximum absolute atomic E-state index is 11.8. The normalized spacial score (nSPS) is 10.2. The van der Waals surface area contributed by atoms with Crippen LogP contribution in [0.1, 0.15) is 11.1 Å². The molecular formula is C15H10N2O2S. The molecule has 20 heavy (non-hydrogen) atoms. The van der Waals surface area contributed by atoms with Gasteiger partial charge in [0.1, 0.15) is 10.4 Å². The number of benzene rings is 1. The Bertz CT molecular complexity index is 923. The summed E-state index contributed by atoms with van der Waals surface area (Å²) in [4.78, 5) is 26.3. The second-order valence-corrected chi connectivity index (χ2v) is 5.07. The minimum absolute atomic E-state index is 0.343. The summed E-state index contributed by atoms with van der Waals surface area (Å²) in [6.45, 7) is 0. The maximum atomic E-state index is 11.8. The summed E-state index contributed by atoms with van der Waals surface area (Å²) < 4.78 is 1.40. The van der Waals surface area contributed by atoms with E-state index in [1.807, 2.05) is 30.3 Å². The van der Waals surface area contributed by atoms with E-state index in [1.54, 1.807) is 11.6 Å². The van der Waals surface area contributed by atoms with E-state index in [9.17, 15) is 9.59 Å². The molecule has 0 atom stereocenters. The van der Waals surface area contributed by atoms with E-state index < -0.39 is 11.2 Å². The van der Waals surface area contributed by atoms with Crippen LogP contribution in [0.5, 0.6) is 0 Å². The maximum Gasteiger partial charge on any atom is 0.333 e. The highest BCUT2D eigenvalue weighted by Crippen LogP contribution is 2.10. The molecule has 0 saturated heterocycles. The van der Waals surface area contributed by atoms with Gasteiger partial charge >= 0.3 is 5.69 Å². The fraction of sp³-hybridized carbons (Fsp3) is 0.0667. The van der Waals surface area contributed by atoms with Crippen LogP contribution < -0.4 is 11.2 Å². The van der Waals surface area contributed by atoms with Gasteiger partial charge < -0.3 is 0 Å². The fourth-order valence-corrected chi connectivity index (χ4v) is 2.71. The van der Waals surface area contributed by atoms with Crippen LogP contribution in [0.2, 0.25) is 0 Å². The molecule has 0 spiro atoms. The van der Waals surface area contributed by atoms with Crippen molar-refractivity contribution in [1.29, 1.82) is 0 Å². The molecule has 5 heteroatoms. The summed E-state index contributed by atoms with van der Waals surface area (Å²) in [6, 6.07) is 9.80. The van der Waals surface area contributed by atoms with Gasteiger partial charge in [0.05, 0.1) is 0 Å². The standard InChI is InChI=1S/C15H10N2O2S/c18-13-12(8-4-7-11-5-2-1-3-6-11)14-17(9-10-20-14)15(19)16-13/h1-3,5-6,9-10H,7H2,(H,16,18,19). The SMILES string of the molecule is O=c1[nH]c(=O)n2ccsc2c1C#CCc1ccccc1. The van der Waals surface area contributed by atoms with Crippen molar-refractivity contribution in [2.75, 3.05) is 0 Å². The summed E-state index contributed by atoms with van der Waals surface area (Å²) in [5.41, 5.74) is 0.570. The largest absolute Gasteiger partial charge is 0.333 e. The number of rotatable bonds is 1. The number of nitrogens with zero attached hydrogens (tertiary/aromatic N) is 1. The van der Waals surface area contributed by atoms with Gasteiger partial charge in [-0.2, -0.15) is 0 Å². The number of hydrogen-bond donors (Lipinski definition) is 1. The van der Waals surface area contributed by atoms with Crippen LogP contribution in [0.15, 0.2) is 51.5 Å². The molecule has 0 amide bonds. The third kappa shape index (κ3) is 2.29. The van der Waals surface area contributed by atoms with E-state index in [0.29, 0.717) is 16.8 Å². The van der Waals surface area contributed by atoms with Gasteiger partial charge in [-0.25, -0.2) is 4.79 Å². The molecule has 1 aromatic carbocycles. The molecule has 0 fully saturated rings. The molecule has 1 N–H and O–H groups in total. The van der Waals surface area contributed by atoms with Crippen molar-refractivity contribution in [1.82, 2.24) is 9.38 Å². The zero-order valence-corrected chi connectivity index (χ0v) is 11.2. The Morgan fingerprint density at radius 3 is 2.80 bits per heavy atom. The summed E-state index contributed by atoms with van der Waals surface area (Å²) >= 11 is 1.33. The fourth-order valence-electron chi connectivity index (χ4n) is 1.88. The van der Waals surface area contributed by atoms with E-state index in [0.717, 1.165) is 5.56 Å². The van der Waals surface area contributed by atoms with Crippen molar-refractivity contribution >= 4 is 16.2 Å². The molecule has 0 unspecified atom stereocenters. The number of aromatic nitrogens is 2. The molecule has 3 aromatic rings. The third-order valence-electron chi connectivity index (χ3n) is 2.84. The lowest BCUT2D eigenvalue weighted by atomic mass is 10.1. The van der Waals surface area contributed by atoms with Gasteiger partial charge in [0.2, 0.25) is 0 Å². The Labute approximate surface area is 118 Å². The minimum Gasteiger partial charge on any atom is -0.273 e. The lowest BCUT2D eigenvalue weighted by Crippen LogP contribution is -2.26. The Kier molecular flexibility index (Phi) is 3.23. The number of thiazole rings is 1. The lowest BCUT2D eigenvalue weighted by Gasteiger charge is -1.95. The molecule has 0 bridgehead atoms. The minimum atomic E-state index is -0.432. The van der Waals surface area contributed by atoms with Crippen molar-refractivity contribution in [3.8, 4) is 11.8 Å².